The van der Waals surface area contributed by atoms with E-state index in [1.165, 1.54) is 38.5 Å². The van der Waals surface area contributed by atoms with E-state index < -0.39 is 17.8 Å². The number of imide groups is 2. The molecule has 1 saturated heterocycles. The summed E-state index contributed by atoms with van der Waals surface area (Å²) in [5.74, 6) is -0.0787. The Morgan fingerprint density at radius 2 is 1.35 bits per heavy atom. The van der Waals surface area contributed by atoms with Gasteiger partial charge in [0.2, 0.25) is 11.8 Å². The highest BCUT2D eigenvalue weighted by atomic mass is 16.2. The second-order valence-corrected chi connectivity index (χ2v) is 4.70. The van der Waals surface area contributed by atoms with Crippen LogP contribution in [0.2, 0.25) is 0 Å². The molecule has 0 unspecified atom stereocenters. The molecule has 17 heavy (non-hydrogen) atoms. The number of carbonyl (C=O) groups excluding carboxylic acids is 3. The molecule has 4 amide bonds. The Labute approximate surface area is 101 Å². The first-order valence-corrected chi connectivity index (χ1v) is 6.21. The SMILES string of the molecule is CC1CCCCCC1.O=C1CC(=O)NC(=O)N1. The average Bonchev–Trinajstić information content (AvgIpc) is 2.44. The molecular weight excluding hydrogens is 220 g/mol. The highest BCUT2D eigenvalue weighted by molar-refractivity contribution is 6.14. The van der Waals surface area contributed by atoms with Crippen molar-refractivity contribution in [3.05, 3.63) is 0 Å². The van der Waals surface area contributed by atoms with Crippen LogP contribution in [0.3, 0.4) is 0 Å². The molecule has 0 aromatic heterocycles. The molecule has 0 bridgehead atoms. The summed E-state index contributed by atoms with van der Waals surface area (Å²) < 4.78 is 0. The molecule has 1 aliphatic heterocycles. The van der Waals surface area contributed by atoms with Crippen molar-refractivity contribution in [3.8, 4) is 0 Å². The van der Waals surface area contributed by atoms with Crippen LogP contribution in [0.25, 0.3) is 0 Å². The summed E-state index contributed by atoms with van der Waals surface area (Å²) in [6, 6.07) is -0.740. The van der Waals surface area contributed by atoms with Crippen molar-refractivity contribution in [2.75, 3.05) is 0 Å². The lowest BCUT2D eigenvalue weighted by atomic mass is 10.0. The normalized spacial score (nSPS) is 21.8. The smallest absolute Gasteiger partial charge is 0.277 e. The zero-order valence-electron chi connectivity index (χ0n) is 10.3. The Morgan fingerprint density at radius 3 is 1.76 bits per heavy atom. The molecular formula is C12H20N2O3. The molecule has 2 N–H and O–H groups in total. The van der Waals surface area contributed by atoms with E-state index in [1.54, 1.807) is 0 Å². The first-order chi connectivity index (χ1) is 8.08. The van der Waals surface area contributed by atoms with Gasteiger partial charge in [0, 0.05) is 0 Å². The highest BCUT2D eigenvalue weighted by Gasteiger charge is 2.20. The van der Waals surface area contributed by atoms with Crippen molar-refractivity contribution in [1.29, 1.82) is 0 Å². The van der Waals surface area contributed by atoms with E-state index in [0.717, 1.165) is 5.92 Å². The molecule has 1 saturated carbocycles. The Hall–Kier alpha value is -1.39. The van der Waals surface area contributed by atoms with Gasteiger partial charge in [0.15, 0.2) is 0 Å². The van der Waals surface area contributed by atoms with Crippen molar-refractivity contribution in [2.45, 2.75) is 51.9 Å². The molecule has 0 atom stereocenters. The summed E-state index contributed by atoms with van der Waals surface area (Å²) in [5, 5.41) is 3.80. The Kier molecular flexibility index (Phi) is 5.66. The third kappa shape index (κ3) is 6.04. The van der Waals surface area contributed by atoms with Crippen LogP contribution in [0.4, 0.5) is 4.79 Å². The van der Waals surface area contributed by atoms with Gasteiger partial charge in [0.1, 0.15) is 6.42 Å². The van der Waals surface area contributed by atoms with Gasteiger partial charge in [-0.05, 0) is 5.92 Å². The van der Waals surface area contributed by atoms with Crippen molar-refractivity contribution >= 4 is 17.8 Å². The van der Waals surface area contributed by atoms with E-state index in [4.69, 9.17) is 0 Å². The van der Waals surface area contributed by atoms with Crippen LogP contribution in [-0.2, 0) is 9.59 Å². The molecule has 0 aromatic rings. The lowest BCUT2D eigenvalue weighted by molar-refractivity contribution is -0.129. The van der Waals surface area contributed by atoms with Gasteiger partial charge in [0.05, 0.1) is 0 Å². The van der Waals surface area contributed by atoms with Gasteiger partial charge >= 0.3 is 6.03 Å². The number of carbonyl (C=O) groups is 3. The van der Waals surface area contributed by atoms with Crippen LogP contribution in [0.15, 0.2) is 0 Å². The standard InChI is InChI=1S/C8H16.C4H4N2O3/c1-8-6-4-2-3-5-7-8;7-2-1-3(8)6-4(9)5-2/h8H,2-7H2,1H3;1H2,(H2,5,6,7,8,9). The minimum absolute atomic E-state index is 0.258. The fourth-order valence-electron chi connectivity index (χ4n) is 2.00. The van der Waals surface area contributed by atoms with E-state index in [2.05, 4.69) is 6.92 Å². The van der Waals surface area contributed by atoms with Gasteiger partial charge in [-0.1, -0.05) is 45.4 Å². The van der Waals surface area contributed by atoms with E-state index in [1.807, 2.05) is 10.6 Å². The average molecular weight is 240 g/mol. The van der Waals surface area contributed by atoms with E-state index in [9.17, 15) is 14.4 Å². The molecule has 0 spiro atoms. The van der Waals surface area contributed by atoms with Gasteiger partial charge in [0.25, 0.3) is 0 Å². The maximum Gasteiger partial charge on any atom is 0.328 e. The highest BCUT2D eigenvalue weighted by Crippen LogP contribution is 2.21. The van der Waals surface area contributed by atoms with Gasteiger partial charge in [-0.25, -0.2) is 4.79 Å². The number of nitrogens with one attached hydrogen (secondary N) is 2. The number of urea groups is 1. The number of rotatable bonds is 0. The molecule has 96 valence electrons. The van der Waals surface area contributed by atoms with Crippen LogP contribution in [0.5, 0.6) is 0 Å². The van der Waals surface area contributed by atoms with Gasteiger partial charge in [-0.3, -0.25) is 20.2 Å². The lowest BCUT2D eigenvalue weighted by Gasteiger charge is -2.09. The summed E-state index contributed by atoms with van der Waals surface area (Å²) in [4.78, 5) is 30.8. The summed E-state index contributed by atoms with van der Waals surface area (Å²) in [6.45, 7) is 2.38. The van der Waals surface area contributed by atoms with Crippen LogP contribution in [0.1, 0.15) is 51.9 Å². The van der Waals surface area contributed by atoms with Crippen molar-refractivity contribution in [3.63, 3.8) is 0 Å². The van der Waals surface area contributed by atoms with E-state index in [0.29, 0.717) is 0 Å². The molecule has 0 aromatic carbocycles. The maximum atomic E-state index is 10.3. The number of amides is 4. The minimum Gasteiger partial charge on any atom is -0.277 e. The monoisotopic (exact) mass is 240 g/mol. The molecule has 2 aliphatic rings. The van der Waals surface area contributed by atoms with E-state index >= 15 is 0 Å². The third-order valence-corrected chi connectivity index (χ3v) is 2.97. The first kappa shape index (κ1) is 13.7. The molecule has 1 heterocycles. The summed E-state index contributed by atoms with van der Waals surface area (Å²) in [6.07, 6.45) is 8.67. The first-order valence-electron chi connectivity index (χ1n) is 6.21. The van der Waals surface area contributed by atoms with Crippen molar-refractivity contribution in [2.24, 2.45) is 5.92 Å². The Balaban J connectivity index is 0.000000171. The van der Waals surface area contributed by atoms with Crippen LogP contribution in [-0.4, -0.2) is 17.8 Å². The topological polar surface area (TPSA) is 75.3 Å². The molecule has 5 heteroatoms. The second-order valence-electron chi connectivity index (χ2n) is 4.70. The summed E-state index contributed by atoms with van der Waals surface area (Å²) in [5.41, 5.74) is 0. The number of hydrogen-bond donors (Lipinski definition) is 2. The molecule has 2 fully saturated rings. The zero-order chi connectivity index (χ0) is 12.7. The molecule has 0 radical (unpaired) electrons. The van der Waals surface area contributed by atoms with Gasteiger partial charge < -0.3 is 0 Å². The van der Waals surface area contributed by atoms with E-state index in [-0.39, 0.29) is 6.42 Å². The van der Waals surface area contributed by atoms with Crippen molar-refractivity contribution < 1.29 is 14.4 Å². The Bertz CT molecular complexity index is 249. The third-order valence-electron chi connectivity index (χ3n) is 2.97. The molecule has 5 nitrogen and oxygen atoms in total. The fraction of sp³-hybridized carbons (Fsp3) is 0.750. The maximum absolute atomic E-state index is 10.3. The quantitative estimate of drug-likeness (QED) is 0.500. The molecule has 2 rings (SSSR count). The lowest BCUT2D eigenvalue weighted by Crippen LogP contribution is -2.49. The minimum atomic E-state index is -0.740. The summed E-state index contributed by atoms with van der Waals surface area (Å²) >= 11 is 0. The van der Waals surface area contributed by atoms with Crippen molar-refractivity contribution in [1.82, 2.24) is 10.6 Å². The second kappa shape index (κ2) is 7.04. The van der Waals surface area contributed by atoms with Crippen LogP contribution < -0.4 is 10.6 Å². The predicted octanol–water partition coefficient (Wildman–Crippen LogP) is 1.72. The largest absolute Gasteiger partial charge is 0.328 e. The fourth-order valence-corrected chi connectivity index (χ4v) is 2.00. The van der Waals surface area contributed by atoms with Gasteiger partial charge in [-0.15, -0.1) is 0 Å². The molecule has 1 aliphatic carbocycles. The predicted molar refractivity (Wildman–Crippen MR) is 63.2 cm³/mol. The Morgan fingerprint density at radius 1 is 0.882 bits per heavy atom. The van der Waals surface area contributed by atoms with Crippen LogP contribution in [0, 0.1) is 5.92 Å². The number of barbiturate groups is 1. The van der Waals surface area contributed by atoms with Crippen LogP contribution >= 0.6 is 0 Å². The van der Waals surface area contributed by atoms with Gasteiger partial charge in [-0.2, -0.15) is 0 Å². The zero-order valence-corrected chi connectivity index (χ0v) is 10.3. The summed E-state index contributed by atoms with van der Waals surface area (Å²) in [7, 11) is 0. The number of hydrogen-bond acceptors (Lipinski definition) is 3.